The number of hydrogen-bond acceptors (Lipinski definition) is 4. The van der Waals surface area contributed by atoms with Crippen LogP contribution in [0.2, 0.25) is 0 Å². The van der Waals surface area contributed by atoms with Crippen LogP contribution in [0.5, 0.6) is 0 Å². The summed E-state index contributed by atoms with van der Waals surface area (Å²) < 4.78 is 5.25. The quantitative estimate of drug-likeness (QED) is 0.896. The van der Waals surface area contributed by atoms with Crippen LogP contribution in [-0.2, 0) is 6.54 Å². The van der Waals surface area contributed by atoms with Gasteiger partial charge in [0.05, 0.1) is 18.5 Å². The van der Waals surface area contributed by atoms with Crippen molar-refractivity contribution >= 4 is 11.7 Å². The number of rotatable bonds is 4. The van der Waals surface area contributed by atoms with E-state index in [1.165, 1.54) is 6.20 Å². The van der Waals surface area contributed by atoms with E-state index in [0.29, 0.717) is 12.2 Å². The predicted molar refractivity (Wildman–Crippen MR) is 66.7 cm³/mol. The van der Waals surface area contributed by atoms with Crippen LogP contribution < -0.4 is 4.90 Å². The van der Waals surface area contributed by atoms with Crippen molar-refractivity contribution in [3.8, 4) is 0 Å². The summed E-state index contributed by atoms with van der Waals surface area (Å²) in [6, 6.07) is 5.41. The molecule has 0 aromatic carbocycles. The molecule has 0 atom stereocenters. The Morgan fingerprint density at radius 1 is 1.56 bits per heavy atom. The van der Waals surface area contributed by atoms with Crippen LogP contribution in [0.1, 0.15) is 21.8 Å². The number of pyridine rings is 1. The summed E-state index contributed by atoms with van der Waals surface area (Å²) in [5.41, 5.74) is 1.60. The van der Waals surface area contributed by atoms with Crippen molar-refractivity contribution < 1.29 is 14.3 Å². The molecule has 0 aliphatic rings. The number of carbonyl (C=O) groups is 1. The van der Waals surface area contributed by atoms with Gasteiger partial charge in [0.15, 0.2) is 0 Å². The van der Waals surface area contributed by atoms with Gasteiger partial charge in [0.2, 0.25) is 0 Å². The fourth-order valence-corrected chi connectivity index (χ4v) is 1.75. The number of anilines is 1. The van der Waals surface area contributed by atoms with E-state index in [9.17, 15) is 4.79 Å². The number of aromatic nitrogens is 1. The zero-order valence-electron chi connectivity index (χ0n) is 10.3. The van der Waals surface area contributed by atoms with Crippen molar-refractivity contribution in [3.05, 3.63) is 47.7 Å². The largest absolute Gasteiger partial charge is 0.478 e. The van der Waals surface area contributed by atoms with Crippen LogP contribution >= 0.6 is 0 Å². The minimum absolute atomic E-state index is 0.189. The van der Waals surface area contributed by atoms with Crippen LogP contribution in [0.3, 0.4) is 0 Å². The maximum Gasteiger partial charge on any atom is 0.339 e. The van der Waals surface area contributed by atoms with E-state index in [-0.39, 0.29) is 5.56 Å². The molecule has 5 heteroatoms. The highest BCUT2D eigenvalue weighted by molar-refractivity contribution is 5.94. The van der Waals surface area contributed by atoms with Gasteiger partial charge in [0, 0.05) is 18.9 Å². The Hall–Kier alpha value is -2.30. The van der Waals surface area contributed by atoms with E-state index >= 15 is 0 Å². The van der Waals surface area contributed by atoms with E-state index in [1.54, 1.807) is 18.4 Å². The normalized spacial score (nSPS) is 10.3. The minimum Gasteiger partial charge on any atom is -0.478 e. The summed E-state index contributed by atoms with van der Waals surface area (Å²) in [5, 5.41) is 9.14. The molecule has 2 rings (SSSR count). The van der Waals surface area contributed by atoms with Gasteiger partial charge >= 0.3 is 5.97 Å². The number of nitrogens with zero attached hydrogens (tertiary/aromatic N) is 2. The molecule has 1 N–H and O–H groups in total. The Kier molecular flexibility index (Phi) is 3.32. The van der Waals surface area contributed by atoms with Crippen molar-refractivity contribution in [1.29, 1.82) is 0 Å². The highest BCUT2D eigenvalue weighted by Gasteiger charge is 2.15. The van der Waals surface area contributed by atoms with Crippen molar-refractivity contribution in [2.45, 2.75) is 13.5 Å². The van der Waals surface area contributed by atoms with E-state index in [0.717, 1.165) is 11.5 Å². The summed E-state index contributed by atoms with van der Waals surface area (Å²) in [5.74, 6) is -0.202. The molecule has 2 aromatic rings. The lowest BCUT2D eigenvalue weighted by molar-refractivity contribution is 0.0697. The lowest BCUT2D eigenvalue weighted by Crippen LogP contribution is -2.19. The number of carboxylic acid groups (broad SMARTS) is 1. The number of aromatic carboxylic acids is 1. The van der Waals surface area contributed by atoms with Crippen LogP contribution in [0.25, 0.3) is 0 Å². The number of hydrogen-bond donors (Lipinski definition) is 1. The van der Waals surface area contributed by atoms with E-state index in [2.05, 4.69) is 4.98 Å². The highest BCUT2D eigenvalue weighted by Crippen LogP contribution is 2.21. The van der Waals surface area contributed by atoms with Crippen LogP contribution in [0.15, 0.2) is 35.1 Å². The highest BCUT2D eigenvalue weighted by atomic mass is 16.4. The lowest BCUT2D eigenvalue weighted by Gasteiger charge is -2.20. The standard InChI is InChI=1S/C13H14N2O3/c1-9-6-12(11(7-14-9)13(16)17)15(2)8-10-4-3-5-18-10/h3-7H,8H2,1-2H3,(H,16,17). The third kappa shape index (κ3) is 2.51. The average molecular weight is 246 g/mol. The maximum absolute atomic E-state index is 11.1. The van der Waals surface area contributed by atoms with Gasteiger partial charge in [0.25, 0.3) is 0 Å². The zero-order valence-corrected chi connectivity index (χ0v) is 10.3. The fourth-order valence-electron chi connectivity index (χ4n) is 1.75. The third-order valence-electron chi connectivity index (χ3n) is 2.63. The molecule has 0 aliphatic heterocycles. The molecule has 0 amide bonds. The van der Waals surface area contributed by atoms with Crippen LogP contribution in [0.4, 0.5) is 5.69 Å². The summed E-state index contributed by atoms with van der Waals surface area (Å²) in [6.45, 7) is 2.34. The molecule has 2 aromatic heterocycles. The average Bonchev–Trinajstić information content (AvgIpc) is 2.81. The van der Waals surface area contributed by atoms with Gasteiger partial charge in [-0.05, 0) is 25.1 Å². The smallest absolute Gasteiger partial charge is 0.339 e. The second-order valence-electron chi connectivity index (χ2n) is 4.08. The number of carboxylic acids is 1. The topological polar surface area (TPSA) is 66.6 Å². The van der Waals surface area contributed by atoms with Crippen molar-refractivity contribution in [2.75, 3.05) is 11.9 Å². The van der Waals surface area contributed by atoms with Crippen molar-refractivity contribution in [2.24, 2.45) is 0 Å². The molecule has 0 fully saturated rings. The van der Waals surface area contributed by atoms with Gasteiger partial charge in [-0.1, -0.05) is 0 Å². The molecule has 0 unspecified atom stereocenters. The summed E-state index contributed by atoms with van der Waals surface area (Å²) in [7, 11) is 1.82. The van der Waals surface area contributed by atoms with Gasteiger partial charge in [-0.3, -0.25) is 4.98 Å². The molecule has 0 saturated carbocycles. The van der Waals surface area contributed by atoms with Gasteiger partial charge in [-0.2, -0.15) is 0 Å². The van der Waals surface area contributed by atoms with Gasteiger partial charge in [-0.25, -0.2) is 4.79 Å². The first-order chi connectivity index (χ1) is 8.58. The summed E-state index contributed by atoms with van der Waals surface area (Å²) in [6.07, 6.45) is 2.98. The Morgan fingerprint density at radius 3 is 2.94 bits per heavy atom. The monoisotopic (exact) mass is 246 g/mol. The molecule has 0 aliphatic carbocycles. The SMILES string of the molecule is Cc1cc(N(C)Cc2ccco2)c(C(=O)O)cn1. The molecule has 0 saturated heterocycles. The molecular formula is C13H14N2O3. The van der Waals surface area contributed by atoms with E-state index in [4.69, 9.17) is 9.52 Å². The second-order valence-corrected chi connectivity index (χ2v) is 4.08. The number of furan rings is 1. The predicted octanol–water partition coefficient (Wildman–Crippen LogP) is 2.32. The van der Waals surface area contributed by atoms with Gasteiger partial charge in [-0.15, -0.1) is 0 Å². The first-order valence-corrected chi connectivity index (χ1v) is 5.51. The van der Waals surface area contributed by atoms with Crippen LogP contribution in [-0.4, -0.2) is 23.1 Å². The molecule has 5 nitrogen and oxygen atoms in total. The molecule has 0 radical (unpaired) electrons. The number of aryl methyl sites for hydroxylation is 1. The molecule has 0 spiro atoms. The van der Waals surface area contributed by atoms with Gasteiger partial charge in [0.1, 0.15) is 11.3 Å². The Labute approximate surface area is 105 Å². The Bertz CT molecular complexity index is 549. The first kappa shape index (κ1) is 12.2. The third-order valence-corrected chi connectivity index (χ3v) is 2.63. The maximum atomic E-state index is 11.1. The van der Waals surface area contributed by atoms with Crippen molar-refractivity contribution in [3.63, 3.8) is 0 Å². The summed E-state index contributed by atoms with van der Waals surface area (Å²) >= 11 is 0. The summed E-state index contributed by atoms with van der Waals surface area (Å²) in [4.78, 5) is 17.0. The van der Waals surface area contributed by atoms with Crippen LogP contribution in [0, 0.1) is 6.92 Å². The molecule has 94 valence electrons. The van der Waals surface area contributed by atoms with E-state index < -0.39 is 5.97 Å². The van der Waals surface area contributed by atoms with Gasteiger partial charge < -0.3 is 14.4 Å². The molecule has 0 bridgehead atoms. The minimum atomic E-state index is -0.983. The Morgan fingerprint density at radius 2 is 2.33 bits per heavy atom. The molecule has 18 heavy (non-hydrogen) atoms. The second kappa shape index (κ2) is 4.91. The lowest BCUT2D eigenvalue weighted by atomic mass is 10.2. The molecule has 2 heterocycles. The molecular weight excluding hydrogens is 232 g/mol. The van der Waals surface area contributed by atoms with Crippen molar-refractivity contribution in [1.82, 2.24) is 4.98 Å². The zero-order chi connectivity index (χ0) is 13.1. The Balaban J connectivity index is 2.31. The fraction of sp³-hybridized carbons (Fsp3) is 0.231. The first-order valence-electron chi connectivity index (χ1n) is 5.51. The van der Waals surface area contributed by atoms with E-state index in [1.807, 2.05) is 24.9 Å².